The highest BCUT2D eigenvalue weighted by Crippen LogP contribution is 2.33. The lowest BCUT2D eigenvalue weighted by Gasteiger charge is -2.36. The number of aromatic nitrogens is 2. The molecule has 1 aromatic heterocycles. The Kier molecular flexibility index (Phi) is 5.12. The highest BCUT2D eigenvalue weighted by molar-refractivity contribution is 5.51. The van der Waals surface area contributed by atoms with Crippen molar-refractivity contribution in [2.75, 3.05) is 69.1 Å². The van der Waals surface area contributed by atoms with Crippen LogP contribution in [0.4, 0.5) is 11.6 Å². The standard InChI is InChI=1S/C21H27N5O3/c1-16-22-20(13-21(23-16)26-8-10-27-11-9-26)25-6-4-24(5-7-25)14-17-2-3-18-19(12-17)29-15-28-18/h2-3,12-13H,4-11,14-15H2,1H3. The zero-order chi connectivity index (χ0) is 19.6. The molecule has 3 aliphatic heterocycles. The van der Waals surface area contributed by atoms with E-state index in [1.165, 1.54) is 5.56 Å². The molecule has 2 fully saturated rings. The minimum atomic E-state index is 0.322. The summed E-state index contributed by atoms with van der Waals surface area (Å²) in [4.78, 5) is 16.5. The zero-order valence-electron chi connectivity index (χ0n) is 16.8. The summed E-state index contributed by atoms with van der Waals surface area (Å²) in [5, 5.41) is 0. The van der Waals surface area contributed by atoms with Crippen molar-refractivity contribution in [2.45, 2.75) is 13.5 Å². The largest absolute Gasteiger partial charge is 0.454 e. The molecule has 0 saturated carbocycles. The van der Waals surface area contributed by atoms with E-state index in [0.29, 0.717) is 6.79 Å². The lowest BCUT2D eigenvalue weighted by molar-refractivity contribution is 0.122. The second kappa shape index (κ2) is 8.04. The van der Waals surface area contributed by atoms with Gasteiger partial charge in [0.1, 0.15) is 17.5 Å². The number of hydrogen-bond acceptors (Lipinski definition) is 8. The predicted molar refractivity (Wildman–Crippen MR) is 110 cm³/mol. The van der Waals surface area contributed by atoms with Gasteiger partial charge < -0.3 is 24.0 Å². The van der Waals surface area contributed by atoms with Gasteiger partial charge in [0.2, 0.25) is 6.79 Å². The number of ether oxygens (including phenoxy) is 3. The number of rotatable bonds is 4. The van der Waals surface area contributed by atoms with Crippen molar-refractivity contribution in [3.63, 3.8) is 0 Å². The average molecular weight is 397 g/mol. The minimum Gasteiger partial charge on any atom is -0.454 e. The number of hydrogen-bond donors (Lipinski definition) is 0. The number of benzene rings is 1. The molecule has 154 valence electrons. The maximum Gasteiger partial charge on any atom is 0.231 e. The van der Waals surface area contributed by atoms with Gasteiger partial charge in [-0.25, -0.2) is 9.97 Å². The average Bonchev–Trinajstić information content (AvgIpc) is 3.22. The van der Waals surface area contributed by atoms with E-state index in [1.807, 2.05) is 13.0 Å². The molecule has 4 heterocycles. The van der Waals surface area contributed by atoms with Crippen molar-refractivity contribution in [1.29, 1.82) is 0 Å². The fraction of sp³-hybridized carbons (Fsp3) is 0.524. The van der Waals surface area contributed by atoms with Crippen LogP contribution in [0.1, 0.15) is 11.4 Å². The molecule has 8 nitrogen and oxygen atoms in total. The molecule has 2 aromatic rings. The molecule has 5 rings (SSSR count). The van der Waals surface area contributed by atoms with E-state index in [-0.39, 0.29) is 0 Å². The molecule has 0 bridgehead atoms. The summed E-state index contributed by atoms with van der Waals surface area (Å²) in [5.41, 5.74) is 1.26. The van der Waals surface area contributed by atoms with E-state index in [4.69, 9.17) is 19.2 Å². The molecule has 8 heteroatoms. The van der Waals surface area contributed by atoms with Crippen LogP contribution in [0.15, 0.2) is 24.3 Å². The first-order valence-corrected chi connectivity index (χ1v) is 10.3. The van der Waals surface area contributed by atoms with Gasteiger partial charge in [-0.3, -0.25) is 4.90 Å². The van der Waals surface area contributed by atoms with Crippen LogP contribution in [-0.4, -0.2) is 74.1 Å². The van der Waals surface area contributed by atoms with E-state index in [0.717, 1.165) is 88.0 Å². The molecule has 0 spiro atoms. The van der Waals surface area contributed by atoms with E-state index >= 15 is 0 Å². The third kappa shape index (κ3) is 4.09. The van der Waals surface area contributed by atoms with Crippen molar-refractivity contribution in [3.8, 4) is 11.5 Å². The van der Waals surface area contributed by atoms with Gasteiger partial charge in [0.05, 0.1) is 13.2 Å². The van der Waals surface area contributed by atoms with Crippen LogP contribution >= 0.6 is 0 Å². The Morgan fingerprint density at radius 1 is 0.828 bits per heavy atom. The molecule has 0 amide bonds. The Morgan fingerprint density at radius 2 is 1.52 bits per heavy atom. The SMILES string of the molecule is Cc1nc(N2CCOCC2)cc(N2CCN(Cc3ccc4c(c3)OCO4)CC2)n1. The summed E-state index contributed by atoms with van der Waals surface area (Å²) in [6.07, 6.45) is 0. The van der Waals surface area contributed by atoms with E-state index in [9.17, 15) is 0 Å². The highest BCUT2D eigenvalue weighted by Gasteiger charge is 2.22. The summed E-state index contributed by atoms with van der Waals surface area (Å²) < 4.78 is 16.4. The Morgan fingerprint density at radius 3 is 2.28 bits per heavy atom. The Hall–Kier alpha value is -2.58. The molecular weight excluding hydrogens is 370 g/mol. The third-order valence-electron chi connectivity index (χ3n) is 5.69. The van der Waals surface area contributed by atoms with Gasteiger partial charge in [0.25, 0.3) is 0 Å². The molecular formula is C21H27N5O3. The van der Waals surface area contributed by atoms with Gasteiger partial charge in [0.15, 0.2) is 11.5 Å². The zero-order valence-corrected chi connectivity index (χ0v) is 16.8. The van der Waals surface area contributed by atoms with Crippen LogP contribution in [0.25, 0.3) is 0 Å². The van der Waals surface area contributed by atoms with Gasteiger partial charge in [-0.05, 0) is 24.6 Å². The Balaban J connectivity index is 1.22. The van der Waals surface area contributed by atoms with Crippen molar-refractivity contribution in [1.82, 2.24) is 14.9 Å². The summed E-state index contributed by atoms with van der Waals surface area (Å²) >= 11 is 0. The molecule has 0 aliphatic carbocycles. The van der Waals surface area contributed by atoms with E-state index < -0.39 is 0 Å². The number of morpholine rings is 1. The van der Waals surface area contributed by atoms with Gasteiger partial charge >= 0.3 is 0 Å². The smallest absolute Gasteiger partial charge is 0.231 e. The van der Waals surface area contributed by atoms with E-state index in [1.54, 1.807) is 0 Å². The Bertz CT molecular complexity index is 863. The van der Waals surface area contributed by atoms with Gasteiger partial charge in [-0.1, -0.05) is 6.07 Å². The van der Waals surface area contributed by atoms with Crippen LogP contribution in [0.2, 0.25) is 0 Å². The lowest BCUT2D eigenvalue weighted by Crippen LogP contribution is -2.46. The second-order valence-corrected chi connectivity index (χ2v) is 7.68. The van der Waals surface area contributed by atoms with E-state index in [2.05, 4.69) is 37.9 Å². The van der Waals surface area contributed by atoms with Crippen molar-refractivity contribution in [3.05, 3.63) is 35.7 Å². The van der Waals surface area contributed by atoms with Crippen LogP contribution in [0, 0.1) is 6.92 Å². The summed E-state index contributed by atoms with van der Waals surface area (Å²) in [5.74, 6) is 4.56. The molecule has 0 radical (unpaired) electrons. The van der Waals surface area contributed by atoms with Crippen LogP contribution in [-0.2, 0) is 11.3 Å². The van der Waals surface area contributed by atoms with Crippen molar-refractivity contribution < 1.29 is 14.2 Å². The Labute approximate surface area is 171 Å². The maximum absolute atomic E-state index is 5.50. The fourth-order valence-electron chi connectivity index (χ4n) is 4.09. The number of piperazine rings is 1. The quantitative estimate of drug-likeness (QED) is 0.772. The summed E-state index contributed by atoms with van der Waals surface area (Å²) in [7, 11) is 0. The van der Waals surface area contributed by atoms with Crippen molar-refractivity contribution in [2.24, 2.45) is 0 Å². The molecule has 29 heavy (non-hydrogen) atoms. The number of nitrogens with zero attached hydrogens (tertiary/aromatic N) is 5. The minimum absolute atomic E-state index is 0.322. The van der Waals surface area contributed by atoms with Crippen LogP contribution in [0.3, 0.4) is 0 Å². The highest BCUT2D eigenvalue weighted by atomic mass is 16.7. The molecule has 1 aromatic carbocycles. The molecule has 0 N–H and O–H groups in total. The normalized spacial score (nSPS) is 19.6. The van der Waals surface area contributed by atoms with Crippen molar-refractivity contribution >= 4 is 11.6 Å². The van der Waals surface area contributed by atoms with Gasteiger partial charge in [-0.2, -0.15) is 0 Å². The summed E-state index contributed by atoms with van der Waals surface area (Å²) in [6, 6.07) is 8.36. The maximum atomic E-state index is 5.50. The molecule has 2 saturated heterocycles. The van der Waals surface area contributed by atoms with Crippen LogP contribution < -0.4 is 19.3 Å². The first-order chi connectivity index (χ1) is 14.2. The van der Waals surface area contributed by atoms with Gasteiger partial charge in [0, 0.05) is 51.9 Å². The first kappa shape index (κ1) is 18.4. The van der Waals surface area contributed by atoms with Crippen LogP contribution in [0.5, 0.6) is 11.5 Å². The summed E-state index contributed by atoms with van der Waals surface area (Å²) in [6.45, 7) is 10.5. The fourth-order valence-corrected chi connectivity index (χ4v) is 4.09. The third-order valence-corrected chi connectivity index (χ3v) is 5.69. The lowest BCUT2D eigenvalue weighted by atomic mass is 10.1. The molecule has 3 aliphatic rings. The number of anilines is 2. The molecule has 0 atom stereocenters. The number of fused-ring (bicyclic) bond motifs is 1. The monoisotopic (exact) mass is 397 g/mol. The number of aryl methyl sites for hydroxylation is 1. The van der Waals surface area contributed by atoms with Gasteiger partial charge in [-0.15, -0.1) is 0 Å². The second-order valence-electron chi connectivity index (χ2n) is 7.68. The molecule has 0 unspecified atom stereocenters. The topological polar surface area (TPSA) is 63.2 Å². The predicted octanol–water partition coefficient (Wildman–Crippen LogP) is 1.67. The first-order valence-electron chi connectivity index (χ1n) is 10.3.